The van der Waals surface area contributed by atoms with Gasteiger partial charge in [0.2, 0.25) is 0 Å². The molecule has 5 nitrogen and oxygen atoms in total. The summed E-state index contributed by atoms with van der Waals surface area (Å²) in [4.78, 5) is 15.9. The third-order valence-corrected chi connectivity index (χ3v) is 4.52. The van der Waals surface area contributed by atoms with Crippen LogP contribution in [0.4, 0.5) is 0 Å². The van der Waals surface area contributed by atoms with Crippen molar-refractivity contribution in [2.45, 2.75) is 37.8 Å². The molecule has 0 aromatic carbocycles. The van der Waals surface area contributed by atoms with E-state index in [9.17, 15) is 9.90 Å². The second-order valence-electron chi connectivity index (χ2n) is 5.68. The van der Waals surface area contributed by atoms with Gasteiger partial charge in [0.1, 0.15) is 0 Å². The van der Waals surface area contributed by atoms with Crippen LogP contribution in [0.25, 0.3) is 0 Å². The van der Waals surface area contributed by atoms with Crippen LogP contribution in [0.3, 0.4) is 0 Å². The zero-order chi connectivity index (χ0) is 13.2. The predicted molar refractivity (Wildman–Crippen MR) is 68.7 cm³/mol. The van der Waals surface area contributed by atoms with Crippen molar-refractivity contribution in [3.05, 3.63) is 0 Å². The smallest absolute Gasteiger partial charge is 0.305 e. The van der Waals surface area contributed by atoms with Crippen molar-refractivity contribution in [2.75, 3.05) is 39.9 Å². The minimum Gasteiger partial charge on any atom is -0.481 e. The van der Waals surface area contributed by atoms with E-state index in [1.165, 1.54) is 0 Å². The van der Waals surface area contributed by atoms with Gasteiger partial charge in [-0.1, -0.05) is 0 Å². The lowest BCUT2D eigenvalue weighted by atomic mass is 9.79. The van der Waals surface area contributed by atoms with E-state index in [0.29, 0.717) is 6.04 Å². The Morgan fingerprint density at radius 1 is 1.39 bits per heavy atom. The highest BCUT2D eigenvalue weighted by molar-refractivity contribution is 5.68. The molecule has 5 heteroatoms. The van der Waals surface area contributed by atoms with Crippen molar-refractivity contribution in [2.24, 2.45) is 0 Å². The van der Waals surface area contributed by atoms with Crippen LogP contribution in [-0.2, 0) is 9.53 Å². The van der Waals surface area contributed by atoms with Crippen molar-refractivity contribution in [1.29, 1.82) is 0 Å². The third kappa shape index (κ3) is 2.84. The summed E-state index contributed by atoms with van der Waals surface area (Å²) < 4.78 is 5.39. The lowest BCUT2D eigenvalue weighted by molar-refractivity contribution is -0.144. The third-order valence-electron chi connectivity index (χ3n) is 4.52. The Morgan fingerprint density at radius 2 is 2.06 bits per heavy atom. The zero-order valence-electron chi connectivity index (χ0n) is 11.4. The molecule has 2 aliphatic heterocycles. The lowest BCUT2D eigenvalue weighted by Crippen LogP contribution is -2.60. The number of ether oxygens (including phenoxy) is 1. The van der Waals surface area contributed by atoms with Crippen LogP contribution in [-0.4, -0.2) is 72.4 Å². The average molecular weight is 256 g/mol. The summed E-state index contributed by atoms with van der Waals surface area (Å²) in [6, 6.07) is 0.445. The fourth-order valence-electron chi connectivity index (χ4n) is 3.29. The molecule has 2 aliphatic rings. The monoisotopic (exact) mass is 256 g/mol. The van der Waals surface area contributed by atoms with Gasteiger partial charge in [-0.25, -0.2) is 0 Å². The average Bonchev–Trinajstić information content (AvgIpc) is 2.34. The van der Waals surface area contributed by atoms with Crippen molar-refractivity contribution in [1.82, 2.24) is 9.80 Å². The highest BCUT2D eigenvalue weighted by atomic mass is 16.5. The summed E-state index contributed by atoms with van der Waals surface area (Å²) >= 11 is 0. The van der Waals surface area contributed by atoms with Gasteiger partial charge in [0.15, 0.2) is 0 Å². The molecule has 2 saturated heterocycles. The standard InChI is InChI=1S/C13H24N2O3/c1-11-9-13(10-12(16)17,3-4-14(11)2)15-5-7-18-8-6-15/h11H,3-10H2,1-2H3,(H,16,17). The second kappa shape index (κ2) is 5.55. The molecule has 0 aliphatic carbocycles. The number of morpholine rings is 1. The number of hydrogen-bond donors (Lipinski definition) is 1. The lowest BCUT2D eigenvalue weighted by Gasteiger charge is -2.51. The zero-order valence-corrected chi connectivity index (χ0v) is 11.4. The van der Waals surface area contributed by atoms with Gasteiger partial charge in [0.05, 0.1) is 19.6 Å². The Labute approximate surface area is 109 Å². The summed E-state index contributed by atoms with van der Waals surface area (Å²) in [5, 5.41) is 9.24. The van der Waals surface area contributed by atoms with Gasteiger partial charge >= 0.3 is 5.97 Å². The maximum atomic E-state index is 11.2. The molecule has 104 valence electrons. The number of carbonyl (C=O) groups is 1. The SMILES string of the molecule is CC1CC(CC(=O)O)(N2CCOCC2)CCN1C. The summed E-state index contributed by atoms with van der Waals surface area (Å²) in [6.07, 6.45) is 2.14. The van der Waals surface area contributed by atoms with E-state index in [-0.39, 0.29) is 12.0 Å². The summed E-state index contributed by atoms with van der Waals surface area (Å²) in [5.41, 5.74) is -0.165. The maximum absolute atomic E-state index is 11.2. The largest absolute Gasteiger partial charge is 0.481 e. The minimum absolute atomic E-state index is 0.165. The molecule has 0 bridgehead atoms. The first kappa shape index (κ1) is 13.8. The van der Waals surface area contributed by atoms with Crippen LogP contribution < -0.4 is 0 Å². The van der Waals surface area contributed by atoms with Crippen LogP contribution in [0.5, 0.6) is 0 Å². The summed E-state index contributed by atoms with van der Waals surface area (Å²) in [6.45, 7) is 6.35. The van der Waals surface area contributed by atoms with Crippen LogP contribution in [0.2, 0.25) is 0 Å². The molecule has 2 unspecified atom stereocenters. The minimum atomic E-state index is -0.682. The first-order valence-electron chi connectivity index (χ1n) is 6.78. The molecule has 0 amide bonds. The van der Waals surface area contributed by atoms with Gasteiger partial charge in [-0.15, -0.1) is 0 Å². The molecule has 0 aromatic rings. The van der Waals surface area contributed by atoms with E-state index in [1.807, 2.05) is 0 Å². The molecule has 18 heavy (non-hydrogen) atoms. The molecule has 1 N–H and O–H groups in total. The molecule has 0 aromatic heterocycles. The van der Waals surface area contributed by atoms with Crippen molar-refractivity contribution < 1.29 is 14.6 Å². The highest BCUT2D eigenvalue weighted by Crippen LogP contribution is 2.35. The number of aliphatic carboxylic acids is 1. The van der Waals surface area contributed by atoms with E-state index >= 15 is 0 Å². The molecule has 0 saturated carbocycles. The molecule has 2 heterocycles. The van der Waals surface area contributed by atoms with E-state index in [4.69, 9.17) is 4.74 Å². The Morgan fingerprint density at radius 3 is 2.61 bits per heavy atom. The van der Waals surface area contributed by atoms with Crippen LogP contribution in [0.1, 0.15) is 26.2 Å². The van der Waals surface area contributed by atoms with Crippen molar-refractivity contribution in [3.63, 3.8) is 0 Å². The van der Waals surface area contributed by atoms with Gasteiger partial charge in [-0.05, 0) is 33.4 Å². The first-order valence-corrected chi connectivity index (χ1v) is 6.78. The molecule has 2 fully saturated rings. The van der Waals surface area contributed by atoms with Gasteiger partial charge in [0.25, 0.3) is 0 Å². The molecular weight excluding hydrogens is 232 g/mol. The fourth-order valence-corrected chi connectivity index (χ4v) is 3.29. The van der Waals surface area contributed by atoms with E-state index in [2.05, 4.69) is 23.8 Å². The van der Waals surface area contributed by atoms with Crippen molar-refractivity contribution >= 4 is 5.97 Å². The van der Waals surface area contributed by atoms with Gasteiger partial charge in [-0.3, -0.25) is 9.69 Å². The number of hydrogen-bond acceptors (Lipinski definition) is 4. The molecular formula is C13H24N2O3. The molecule has 0 radical (unpaired) electrons. The number of nitrogens with zero attached hydrogens (tertiary/aromatic N) is 2. The van der Waals surface area contributed by atoms with E-state index in [1.54, 1.807) is 0 Å². The van der Waals surface area contributed by atoms with E-state index in [0.717, 1.165) is 45.7 Å². The maximum Gasteiger partial charge on any atom is 0.305 e. The van der Waals surface area contributed by atoms with Gasteiger partial charge < -0.3 is 14.7 Å². The number of piperidine rings is 1. The predicted octanol–water partition coefficient (Wildman–Crippen LogP) is 0.646. The van der Waals surface area contributed by atoms with Crippen LogP contribution in [0.15, 0.2) is 0 Å². The Bertz CT molecular complexity index is 305. The number of likely N-dealkylation sites (tertiary alicyclic amines) is 1. The van der Waals surface area contributed by atoms with E-state index < -0.39 is 5.97 Å². The molecule has 2 atom stereocenters. The quantitative estimate of drug-likeness (QED) is 0.803. The first-order chi connectivity index (χ1) is 8.53. The normalized spacial score (nSPS) is 35.6. The molecule has 0 spiro atoms. The van der Waals surface area contributed by atoms with Gasteiger partial charge in [0, 0.05) is 24.7 Å². The number of carboxylic acids is 1. The Balaban J connectivity index is 2.14. The number of rotatable bonds is 3. The van der Waals surface area contributed by atoms with Crippen molar-refractivity contribution in [3.8, 4) is 0 Å². The topological polar surface area (TPSA) is 53.0 Å². The molecule has 2 rings (SSSR count). The summed E-state index contributed by atoms with van der Waals surface area (Å²) in [7, 11) is 2.12. The fraction of sp³-hybridized carbons (Fsp3) is 0.923. The second-order valence-corrected chi connectivity index (χ2v) is 5.68. The Kier molecular flexibility index (Phi) is 4.25. The van der Waals surface area contributed by atoms with Gasteiger partial charge in [-0.2, -0.15) is 0 Å². The highest BCUT2D eigenvalue weighted by Gasteiger charge is 2.43. The Hall–Kier alpha value is -0.650. The van der Waals surface area contributed by atoms with Crippen LogP contribution in [0, 0.1) is 0 Å². The number of carboxylic acid groups (broad SMARTS) is 1. The van der Waals surface area contributed by atoms with Crippen LogP contribution >= 0.6 is 0 Å². The summed E-state index contributed by atoms with van der Waals surface area (Å²) in [5.74, 6) is -0.682.